The minimum absolute atomic E-state index is 0.0523. The summed E-state index contributed by atoms with van der Waals surface area (Å²) in [5.41, 5.74) is 0.812. The number of nitrogens with one attached hydrogen (secondary N) is 2. The molecule has 2 rings (SSSR count). The van der Waals surface area contributed by atoms with E-state index in [-0.39, 0.29) is 5.75 Å². The summed E-state index contributed by atoms with van der Waals surface area (Å²) >= 11 is 1.34. The second-order valence-corrected chi connectivity index (χ2v) is 6.63. The molecule has 0 atom stereocenters. The number of sulfonamides is 1. The highest BCUT2D eigenvalue weighted by Gasteiger charge is 2.12. The van der Waals surface area contributed by atoms with Gasteiger partial charge in [0.2, 0.25) is 10.0 Å². The van der Waals surface area contributed by atoms with Crippen molar-refractivity contribution in [1.29, 1.82) is 0 Å². The summed E-state index contributed by atoms with van der Waals surface area (Å²) in [6.45, 7) is 3.14. The van der Waals surface area contributed by atoms with Crippen molar-refractivity contribution in [3.8, 4) is 0 Å². The summed E-state index contributed by atoms with van der Waals surface area (Å²) < 4.78 is 27.0. The monoisotopic (exact) mass is 285 g/mol. The van der Waals surface area contributed by atoms with E-state index >= 15 is 0 Å². The molecule has 1 aromatic heterocycles. The minimum Gasteiger partial charge on any atom is -0.316 e. The maximum atomic E-state index is 11.8. The van der Waals surface area contributed by atoms with Gasteiger partial charge in [-0.05, 0) is 18.7 Å². The summed E-state index contributed by atoms with van der Waals surface area (Å²) in [5, 5.41) is 3.40. The Balaban J connectivity index is 2.08. The predicted octanol–water partition coefficient (Wildman–Crippen LogP) is 1.65. The lowest BCUT2D eigenvalue weighted by Crippen LogP contribution is -2.26. The SMILES string of the molecule is CCNCCS(=O)(=O)Nc1nc2ccccc2s1. The number of benzene rings is 1. The van der Waals surface area contributed by atoms with E-state index < -0.39 is 10.0 Å². The van der Waals surface area contributed by atoms with Gasteiger partial charge in [-0.3, -0.25) is 4.72 Å². The third-order valence-electron chi connectivity index (χ3n) is 2.33. The molecule has 7 heteroatoms. The standard InChI is InChI=1S/C11H15N3O2S2/c1-2-12-7-8-18(15,16)14-11-13-9-5-3-4-6-10(9)17-11/h3-6,12H,2,7-8H2,1H3,(H,13,14). The van der Waals surface area contributed by atoms with Crippen molar-refractivity contribution in [2.24, 2.45) is 0 Å². The van der Waals surface area contributed by atoms with Crippen LogP contribution >= 0.6 is 11.3 Å². The number of anilines is 1. The van der Waals surface area contributed by atoms with E-state index in [4.69, 9.17) is 0 Å². The number of para-hydroxylation sites is 1. The Hall–Kier alpha value is -1.18. The number of hydrogen-bond donors (Lipinski definition) is 2. The zero-order valence-electron chi connectivity index (χ0n) is 10.0. The molecule has 0 spiro atoms. The molecule has 98 valence electrons. The highest BCUT2D eigenvalue weighted by Crippen LogP contribution is 2.25. The predicted molar refractivity (Wildman–Crippen MR) is 75.6 cm³/mol. The lowest BCUT2D eigenvalue weighted by molar-refractivity contribution is 0.597. The zero-order valence-corrected chi connectivity index (χ0v) is 11.6. The van der Waals surface area contributed by atoms with Gasteiger partial charge in [0.1, 0.15) is 0 Å². The van der Waals surface area contributed by atoms with Crippen LogP contribution in [-0.4, -0.2) is 32.2 Å². The van der Waals surface area contributed by atoms with Crippen LogP contribution in [0, 0.1) is 0 Å². The maximum absolute atomic E-state index is 11.8. The topological polar surface area (TPSA) is 71.1 Å². The molecular weight excluding hydrogens is 270 g/mol. The van der Waals surface area contributed by atoms with Crippen molar-refractivity contribution in [3.05, 3.63) is 24.3 Å². The molecule has 2 N–H and O–H groups in total. The molecule has 18 heavy (non-hydrogen) atoms. The van der Waals surface area contributed by atoms with Gasteiger partial charge in [-0.25, -0.2) is 13.4 Å². The van der Waals surface area contributed by atoms with E-state index in [9.17, 15) is 8.42 Å². The van der Waals surface area contributed by atoms with Crippen molar-refractivity contribution in [2.75, 3.05) is 23.6 Å². The van der Waals surface area contributed by atoms with Gasteiger partial charge in [0.15, 0.2) is 5.13 Å². The summed E-state index contributed by atoms with van der Waals surface area (Å²) in [5.74, 6) is 0.0523. The smallest absolute Gasteiger partial charge is 0.235 e. The Morgan fingerprint density at radius 1 is 1.33 bits per heavy atom. The summed E-state index contributed by atoms with van der Waals surface area (Å²) in [4.78, 5) is 4.23. The molecule has 0 bridgehead atoms. The largest absolute Gasteiger partial charge is 0.316 e. The van der Waals surface area contributed by atoms with E-state index in [1.807, 2.05) is 31.2 Å². The molecule has 2 aromatic rings. The van der Waals surface area contributed by atoms with Crippen LogP contribution in [0.4, 0.5) is 5.13 Å². The first-order chi connectivity index (χ1) is 8.61. The van der Waals surface area contributed by atoms with Crippen molar-refractivity contribution in [1.82, 2.24) is 10.3 Å². The van der Waals surface area contributed by atoms with E-state index in [0.717, 1.165) is 16.8 Å². The summed E-state index contributed by atoms with van der Waals surface area (Å²) in [7, 11) is -3.32. The highest BCUT2D eigenvalue weighted by atomic mass is 32.2. The Morgan fingerprint density at radius 3 is 2.83 bits per heavy atom. The molecule has 0 aliphatic rings. The van der Waals surface area contributed by atoms with Gasteiger partial charge in [-0.15, -0.1) is 0 Å². The fourth-order valence-corrected chi connectivity index (χ4v) is 3.57. The van der Waals surface area contributed by atoms with Crippen LogP contribution in [0.25, 0.3) is 10.2 Å². The molecule has 5 nitrogen and oxygen atoms in total. The number of nitrogens with zero attached hydrogens (tertiary/aromatic N) is 1. The zero-order chi connectivity index (χ0) is 13.0. The van der Waals surface area contributed by atoms with Gasteiger partial charge in [-0.1, -0.05) is 30.4 Å². The van der Waals surface area contributed by atoms with Gasteiger partial charge in [0.05, 0.1) is 16.0 Å². The molecule has 0 aliphatic heterocycles. The quantitative estimate of drug-likeness (QED) is 0.792. The summed E-state index contributed by atoms with van der Waals surface area (Å²) in [6, 6.07) is 7.57. The first-order valence-electron chi connectivity index (χ1n) is 5.67. The Kier molecular flexibility index (Phi) is 4.15. The van der Waals surface area contributed by atoms with E-state index in [1.54, 1.807) is 0 Å². The van der Waals surface area contributed by atoms with Crippen LogP contribution in [0.3, 0.4) is 0 Å². The molecule has 0 unspecified atom stereocenters. The average Bonchev–Trinajstić information content (AvgIpc) is 2.70. The molecule has 0 fully saturated rings. The van der Waals surface area contributed by atoms with E-state index in [2.05, 4.69) is 15.0 Å². The minimum atomic E-state index is -3.32. The van der Waals surface area contributed by atoms with Gasteiger partial charge >= 0.3 is 0 Å². The first-order valence-corrected chi connectivity index (χ1v) is 8.14. The van der Waals surface area contributed by atoms with Gasteiger partial charge in [-0.2, -0.15) is 0 Å². The first kappa shape index (κ1) is 13.3. The average molecular weight is 285 g/mol. The van der Waals surface area contributed by atoms with Crippen LogP contribution in [0.1, 0.15) is 6.92 Å². The molecule has 0 saturated heterocycles. The Labute approximate surface area is 110 Å². The molecule has 0 saturated carbocycles. The van der Waals surface area contributed by atoms with Gasteiger partial charge < -0.3 is 5.32 Å². The van der Waals surface area contributed by atoms with Crippen LogP contribution in [0.2, 0.25) is 0 Å². The molecular formula is C11H15N3O2S2. The lowest BCUT2D eigenvalue weighted by Gasteiger charge is -2.04. The second kappa shape index (κ2) is 5.64. The summed E-state index contributed by atoms with van der Waals surface area (Å²) in [6.07, 6.45) is 0. The molecule has 0 amide bonds. The molecule has 1 heterocycles. The van der Waals surface area contributed by atoms with Crippen molar-refractivity contribution in [3.63, 3.8) is 0 Å². The van der Waals surface area contributed by atoms with Crippen LogP contribution in [0.5, 0.6) is 0 Å². The maximum Gasteiger partial charge on any atom is 0.235 e. The van der Waals surface area contributed by atoms with Crippen molar-refractivity contribution < 1.29 is 8.42 Å². The fraction of sp³-hybridized carbons (Fsp3) is 0.364. The fourth-order valence-electron chi connectivity index (χ4n) is 1.48. The Morgan fingerprint density at radius 2 is 2.11 bits per heavy atom. The number of rotatable bonds is 6. The van der Waals surface area contributed by atoms with Crippen LogP contribution in [0.15, 0.2) is 24.3 Å². The molecule has 1 aromatic carbocycles. The molecule has 0 aliphatic carbocycles. The van der Waals surface area contributed by atoms with Crippen LogP contribution in [-0.2, 0) is 10.0 Å². The third kappa shape index (κ3) is 3.41. The number of aromatic nitrogens is 1. The van der Waals surface area contributed by atoms with Gasteiger partial charge in [0.25, 0.3) is 0 Å². The van der Waals surface area contributed by atoms with Gasteiger partial charge in [0, 0.05) is 6.54 Å². The number of hydrogen-bond acceptors (Lipinski definition) is 5. The normalized spacial score (nSPS) is 11.8. The lowest BCUT2D eigenvalue weighted by atomic mass is 10.3. The number of thiazole rings is 1. The van der Waals surface area contributed by atoms with Crippen molar-refractivity contribution >= 4 is 36.7 Å². The number of fused-ring (bicyclic) bond motifs is 1. The Bertz CT molecular complexity index is 589. The van der Waals surface area contributed by atoms with E-state index in [1.165, 1.54) is 11.3 Å². The van der Waals surface area contributed by atoms with Crippen molar-refractivity contribution in [2.45, 2.75) is 6.92 Å². The van der Waals surface area contributed by atoms with E-state index in [0.29, 0.717) is 11.7 Å². The highest BCUT2D eigenvalue weighted by molar-refractivity contribution is 7.92. The molecule has 0 radical (unpaired) electrons. The van der Waals surface area contributed by atoms with Crippen LogP contribution < -0.4 is 10.0 Å². The third-order valence-corrected chi connectivity index (χ3v) is 4.66. The second-order valence-electron chi connectivity index (χ2n) is 3.76.